The normalized spacial score (nSPS) is 23.4. The standard InChI is InChI=1S/C10H17NO/c1-2-3-6-11-8-10-5-4-7-12-9-10/h1,10-11H,3-9H2. The minimum absolute atomic E-state index is 0.705. The molecule has 1 fully saturated rings. The van der Waals surface area contributed by atoms with Crippen LogP contribution in [0.15, 0.2) is 0 Å². The van der Waals surface area contributed by atoms with E-state index in [9.17, 15) is 0 Å². The third-order valence-electron chi connectivity index (χ3n) is 2.13. The topological polar surface area (TPSA) is 21.3 Å². The van der Waals surface area contributed by atoms with E-state index in [0.717, 1.165) is 32.7 Å². The highest BCUT2D eigenvalue weighted by atomic mass is 16.5. The first-order chi connectivity index (χ1) is 5.93. The Morgan fingerprint density at radius 2 is 2.50 bits per heavy atom. The van der Waals surface area contributed by atoms with Gasteiger partial charge in [0.25, 0.3) is 0 Å². The number of hydrogen-bond acceptors (Lipinski definition) is 2. The molecule has 1 heterocycles. The minimum Gasteiger partial charge on any atom is -0.381 e. The lowest BCUT2D eigenvalue weighted by atomic mass is 10.0. The average Bonchev–Trinajstić information content (AvgIpc) is 2.14. The van der Waals surface area contributed by atoms with Gasteiger partial charge in [-0.1, -0.05) is 0 Å². The number of ether oxygens (including phenoxy) is 1. The van der Waals surface area contributed by atoms with E-state index in [2.05, 4.69) is 11.2 Å². The molecule has 1 unspecified atom stereocenters. The lowest BCUT2D eigenvalue weighted by Crippen LogP contribution is -2.29. The summed E-state index contributed by atoms with van der Waals surface area (Å²) in [6, 6.07) is 0. The van der Waals surface area contributed by atoms with E-state index < -0.39 is 0 Å². The van der Waals surface area contributed by atoms with E-state index in [4.69, 9.17) is 11.2 Å². The van der Waals surface area contributed by atoms with Gasteiger partial charge in [0.15, 0.2) is 0 Å². The van der Waals surface area contributed by atoms with Crippen LogP contribution in [0.4, 0.5) is 0 Å². The number of nitrogens with one attached hydrogen (secondary N) is 1. The summed E-state index contributed by atoms with van der Waals surface area (Å²) in [5.41, 5.74) is 0. The first-order valence-electron chi connectivity index (χ1n) is 4.65. The molecule has 0 saturated carbocycles. The Morgan fingerprint density at radius 3 is 3.17 bits per heavy atom. The van der Waals surface area contributed by atoms with Gasteiger partial charge in [0.05, 0.1) is 6.61 Å². The number of rotatable bonds is 4. The maximum absolute atomic E-state index is 5.36. The Morgan fingerprint density at radius 1 is 1.58 bits per heavy atom. The molecular formula is C10H17NO. The monoisotopic (exact) mass is 167 g/mol. The van der Waals surface area contributed by atoms with Crippen LogP contribution in [0.3, 0.4) is 0 Å². The van der Waals surface area contributed by atoms with Crippen molar-refractivity contribution in [3.63, 3.8) is 0 Å². The van der Waals surface area contributed by atoms with Crippen molar-refractivity contribution in [2.45, 2.75) is 19.3 Å². The molecule has 0 aromatic carbocycles. The van der Waals surface area contributed by atoms with Crippen LogP contribution in [0.5, 0.6) is 0 Å². The Labute approximate surface area is 74.7 Å². The maximum atomic E-state index is 5.36. The third kappa shape index (κ3) is 3.75. The van der Waals surface area contributed by atoms with Crippen molar-refractivity contribution in [1.82, 2.24) is 5.32 Å². The molecule has 1 aliphatic heterocycles. The van der Waals surface area contributed by atoms with E-state index in [1.807, 2.05) is 0 Å². The smallest absolute Gasteiger partial charge is 0.0506 e. The van der Waals surface area contributed by atoms with Crippen molar-refractivity contribution in [1.29, 1.82) is 0 Å². The molecule has 0 amide bonds. The Balaban J connectivity index is 1.95. The molecule has 0 radical (unpaired) electrons. The van der Waals surface area contributed by atoms with Gasteiger partial charge in [-0.3, -0.25) is 0 Å². The maximum Gasteiger partial charge on any atom is 0.0506 e. The summed E-state index contributed by atoms with van der Waals surface area (Å²) in [6.45, 7) is 3.86. The van der Waals surface area contributed by atoms with Crippen molar-refractivity contribution in [3.8, 4) is 12.3 Å². The van der Waals surface area contributed by atoms with Crippen molar-refractivity contribution in [2.24, 2.45) is 5.92 Å². The highest BCUT2D eigenvalue weighted by Gasteiger charge is 2.12. The van der Waals surface area contributed by atoms with Gasteiger partial charge in [-0.05, 0) is 18.8 Å². The quantitative estimate of drug-likeness (QED) is 0.498. The van der Waals surface area contributed by atoms with Crippen LogP contribution in [0.1, 0.15) is 19.3 Å². The fourth-order valence-electron chi connectivity index (χ4n) is 1.44. The van der Waals surface area contributed by atoms with Crippen molar-refractivity contribution < 1.29 is 4.74 Å². The molecule has 1 saturated heterocycles. The Bertz CT molecular complexity index is 144. The first kappa shape index (κ1) is 9.57. The van der Waals surface area contributed by atoms with Crippen LogP contribution in [0, 0.1) is 18.3 Å². The zero-order valence-electron chi connectivity index (χ0n) is 7.51. The van der Waals surface area contributed by atoms with Gasteiger partial charge in [0, 0.05) is 26.1 Å². The van der Waals surface area contributed by atoms with Gasteiger partial charge in [-0.2, -0.15) is 0 Å². The van der Waals surface area contributed by atoms with E-state index in [0.29, 0.717) is 5.92 Å². The molecule has 2 heteroatoms. The summed E-state index contributed by atoms with van der Waals surface area (Å²) >= 11 is 0. The average molecular weight is 167 g/mol. The summed E-state index contributed by atoms with van der Waals surface area (Å²) in [5.74, 6) is 3.32. The summed E-state index contributed by atoms with van der Waals surface area (Å²) < 4.78 is 5.36. The molecule has 1 atom stereocenters. The van der Waals surface area contributed by atoms with Crippen LogP contribution in [-0.2, 0) is 4.74 Å². The van der Waals surface area contributed by atoms with E-state index >= 15 is 0 Å². The van der Waals surface area contributed by atoms with E-state index in [-0.39, 0.29) is 0 Å². The lowest BCUT2D eigenvalue weighted by Gasteiger charge is -2.21. The fraction of sp³-hybridized carbons (Fsp3) is 0.800. The summed E-state index contributed by atoms with van der Waals surface area (Å²) in [5, 5.41) is 3.33. The van der Waals surface area contributed by atoms with Gasteiger partial charge in [0.1, 0.15) is 0 Å². The molecule has 1 N–H and O–H groups in total. The molecule has 2 nitrogen and oxygen atoms in total. The third-order valence-corrected chi connectivity index (χ3v) is 2.13. The minimum atomic E-state index is 0.705. The molecule has 0 aromatic rings. The molecule has 1 rings (SSSR count). The molecule has 0 aliphatic carbocycles. The van der Waals surface area contributed by atoms with Crippen LogP contribution in [-0.4, -0.2) is 26.3 Å². The molecule has 12 heavy (non-hydrogen) atoms. The first-order valence-corrected chi connectivity index (χ1v) is 4.65. The van der Waals surface area contributed by atoms with E-state index in [1.54, 1.807) is 0 Å². The second kappa shape index (κ2) is 6.05. The largest absolute Gasteiger partial charge is 0.381 e. The molecule has 1 aliphatic rings. The van der Waals surface area contributed by atoms with Gasteiger partial charge in [0.2, 0.25) is 0 Å². The summed E-state index contributed by atoms with van der Waals surface area (Å²) in [6.07, 6.45) is 8.46. The zero-order valence-corrected chi connectivity index (χ0v) is 7.51. The lowest BCUT2D eigenvalue weighted by molar-refractivity contribution is 0.0550. The van der Waals surface area contributed by atoms with Gasteiger partial charge >= 0.3 is 0 Å². The Kier molecular flexibility index (Phi) is 4.82. The number of terminal acetylenes is 1. The number of hydrogen-bond donors (Lipinski definition) is 1. The second-order valence-corrected chi connectivity index (χ2v) is 3.24. The molecule has 68 valence electrons. The molecule has 0 aromatic heterocycles. The summed E-state index contributed by atoms with van der Waals surface area (Å²) in [4.78, 5) is 0. The predicted octanol–water partition coefficient (Wildman–Crippen LogP) is 1.03. The SMILES string of the molecule is C#CCCNCC1CCCOC1. The van der Waals surface area contributed by atoms with Crippen LogP contribution < -0.4 is 5.32 Å². The van der Waals surface area contributed by atoms with Crippen LogP contribution >= 0.6 is 0 Å². The highest BCUT2D eigenvalue weighted by molar-refractivity contribution is 4.84. The van der Waals surface area contributed by atoms with Gasteiger partial charge in [-0.15, -0.1) is 12.3 Å². The van der Waals surface area contributed by atoms with Gasteiger partial charge < -0.3 is 10.1 Å². The van der Waals surface area contributed by atoms with Crippen molar-refractivity contribution >= 4 is 0 Å². The van der Waals surface area contributed by atoms with Crippen LogP contribution in [0.25, 0.3) is 0 Å². The molecule has 0 spiro atoms. The Hall–Kier alpha value is -0.520. The second-order valence-electron chi connectivity index (χ2n) is 3.24. The molecule has 0 bridgehead atoms. The zero-order chi connectivity index (χ0) is 8.65. The van der Waals surface area contributed by atoms with Crippen molar-refractivity contribution in [2.75, 3.05) is 26.3 Å². The summed E-state index contributed by atoms with van der Waals surface area (Å²) in [7, 11) is 0. The van der Waals surface area contributed by atoms with Crippen LogP contribution in [0.2, 0.25) is 0 Å². The fourth-order valence-corrected chi connectivity index (χ4v) is 1.44. The molecular weight excluding hydrogens is 150 g/mol. The highest BCUT2D eigenvalue weighted by Crippen LogP contribution is 2.11. The predicted molar refractivity (Wildman–Crippen MR) is 49.9 cm³/mol. The van der Waals surface area contributed by atoms with Gasteiger partial charge in [-0.25, -0.2) is 0 Å². The van der Waals surface area contributed by atoms with Crippen molar-refractivity contribution in [3.05, 3.63) is 0 Å². The van der Waals surface area contributed by atoms with E-state index in [1.165, 1.54) is 12.8 Å².